The standard InChI is InChI=1S/C13H9N3OS/c17-12(7-13-14-5-6-18-13)11-8-15-9-3-1-2-4-10(9)16-11/h1-6,8H,7H2. The Bertz CT molecular complexity index is 694. The van der Waals surface area contributed by atoms with Crippen molar-refractivity contribution in [2.24, 2.45) is 0 Å². The number of para-hydroxylation sites is 2. The highest BCUT2D eigenvalue weighted by molar-refractivity contribution is 7.09. The molecule has 0 amide bonds. The summed E-state index contributed by atoms with van der Waals surface area (Å²) >= 11 is 1.47. The topological polar surface area (TPSA) is 55.7 Å². The summed E-state index contributed by atoms with van der Waals surface area (Å²) in [5.74, 6) is -0.0526. The Balaban J connectivity index is 1.92. The number of rotatable bonds is 3. The van der Waals surface area contributed by atoms with Gasteiger partial charge in [-0.25, -0.2) is 9.97 Å². The molecule has 3 rings (SSSR count). The van der Waals surface area contributed by atoms with Gasteiger partial charge in [0.25, 0.3) is 0 Å². The van der Waals surface area contributed by atoms with Crippen molar-refractivity contribution in [3.05, 3.63) is 52.7 Å². The van der Waals surface area contributed by atoms with E-state index in [9.17, 15) is 4.79 Å². The Morgan fingerprint density at radius 1 is 1.17 bits per heavy atom. The van der Waals surface area contributed by atoms with Crippen LogP contribution in [0.2, 0.25) is 0 Å². The third kappa shape index (κ3) is 2.12. The van der Waals surface area contributed by atoms with E-state index in [1.165, 1.54) is 17.5 Å². The van der Waals surface area contributed by atoms with Crippen LogP contribution in [0.15, 0.2) is 42.0 Å². The summed E-state index contributed by atoms with van der Waals surface area (Å²) in [6, 6.07) is 7.50. The molecule has 0 spiro atoms. The van der Waals surface area contributed by atoms with E-state index in [1.54, 1.807) is 6.20 Å². The van der Waals surface area contributed by atoms with E-state index in [2.05, 4.69) is 15.0 Å². The van der Waals surface area contributed by atoms with Crippen molar-refractivity contribution in [2.75, 3.05) is 0 Å². The van der Waals surface area contributed by atoms with Crippen LogP contribution in [0.5, 0.6) is 0 Å². The third-order valence-electron chi connectivity index (χ3n) is 2.53. The van der Waals surface area contributed by atoms with Crippen molar-refractivity contribution in [2.45, 2.75) is 6.42 Å². The molecule has 2 heterocycles. The van der Waals surface area contributed by atoms with E-state index >= 15 is 0 Å². The Morgan fingerprint density at radius 3 is 2.78 bits per heavy atom. The molecule has 88 valence electrons. The zero-order valence-corrected chi connectivity index (χ0v) is 10.2. The van der Waals surface area contributed by atoms with Crippen molar-refractivity contribution >= 4 is 28.2 Å². The zero-order valence-electron chi connectivity index (χ0n) is 9.41. The molecular weight excluding hydrogens is 246 g/mol. The quantitative estimate of drug-likeness (QED) is 0.675. The highest BCUT2D eigenvalue weighted by Gasteiger charge is 2.11. The predicted molar refractivity (Wildman–Crippen MR) is 69.7 cm³/mol. The van der Waals surface area contributed by atoms with Gasteiger partial charge in [0.15, 0.2) is 5.78 Å². The SMILES string of the molecule is O=C(Cc1nccs1)c1cnc2ccccc2n1. The van der Waals surface area contributed by atoms with E-state index in [0.717, 1.165) is 16.0 Å². The molecule has 5 heteroatoms. The molecule has 0 N–H and O–H groups in total. The van der Waals surface area contributed by atoms with Gasteiger partial charge in [0.1, 0.15) is 10.7 Å². The molecule has 4 nitrogen and oxygen atoms in total. The molecule has 0 aliphatic rings. The number of carbonyl (C=O) groups excluding carboxylic acids is 1. The number of benzene rings is 1. The first-order valence-electron chi connectivity index (χ1n) is 5.46. The second-order valence-corrected chi connectivity index (χ2v) is 4.75. The number of hydrogen-bond acceptors (Lipinski definition) is 5. The molecule has 0 atom stereocenters. The predicted octanol–water partition coefficient (Wildman–Crippen LogP) is 2.51. The minimum Gasteiger partial charge on any atom is -0.292 e. The lowest BCUT2D eigenvalue weighted by molar-refractivity contribution is 0.0988. The molecule has 0 unspecified atom stereocenters. The van der Waals surface area contributed by atoms with Gasteiger partial charge in [0.05, 0.1) is 23.7 Å². The molecule has 2 aromatic heterocycles. The number of thiazole rings is 1. The molecule has 0 saturated carbocycles. The maximum Gasteiger partial charge on any atom is 0.189 e. The summed E-state index contributed by atoms with van der Waals surface area (Å²) in [4.78, 5) is 24.7. The number of fused-ring (bicyclic) bond motifs is 1. The molecule has 0 aliphatic carbocycles. The number of ketones is 1. The molecule has 0 saturated heterocycles. The number of Topliss-reactive ketones (excluding diaryl/α,β-unsaturated/α-hetero) is 1. The first-order valence-corrected chi connectivity index (χ1v) is 6.34. The fourth-order valence-corrected chi connectivity index (χ4v) is 2.27. The summed E-state index contributed by atoms with van der Waals surface area (Å²) in [7, 11) is 0. The van der Waals surface area contributed by atoms with Crippen LogP contribution in [0.1, 0.15) is 15.5 Å². The second-order valence-electron chi connectivity index (χ2n) is 3.77. The lowest BCUT2D eigenvalue weighted by Gasteiger charge is -2.00. The van der Waals surface area contributed by atoms with Crippen LogP contribution in [0.25, 0.3) is 11.0 Å². The van der Waals surface area contributed by atoms with Gasteiger partial charge >= 0.3 is 0 Å². The fraction of sp³-hybridized carbons (Fsp3) is 0.0769. The zero-order chi connectivity index (χ0) is 12.4. The minimum atomic E-state index is -0.0526. The van der Waals surface area contributed by atoms with Gasteiger partial charge in [0.2, 0.25) is 0 Å². The third-order valence-corrected chi connectivity index (χ3v) is 3.31. The maximum absolute atomic E-state index is 12.0. The summed E-state index contributed by atoms with van der Waals surface area (Å²) in [6.45, 7) is 0. The van der Waals surface area contributed by atoms with Crippen LogP contribution in [0, 0.1) is 0 Å². The average molecular weight is 255 g/mol. The van der Waals surface area contributed by atoms with E-state index < -0.39 is 0 Å². The summed E-state index contributed by atoms with van der Waals surface area (Å²) < 4.78 is 0. The highest BCUT2D eigenvalue weighted by Crippen LogP contribution is 2.12. The van der Waals surface area contributed by atoms with Gasteiger partial charge in [-0.05, 0) is 12.1 Å². The van der Waals surface area contributed by atoms with Crippen LogP contribution >= 0.6 is 11.3 Å². The highest BCUT2D eigenvalue weighted by atomic mass is 32.1. The Hall–Kier alpha value is -2.14. The van der Waals surface area contributed by atoms with Gasteiger partial charge in [-0.15, -0.1) is 11.3 Å². The van der Waals surface area contributed by atoms with Crippen LogP contribution in [0.3, 0.4) is 0 Å². The van der Waals surface area contributed by atoms with Crippen LogP contribution < -0.4 is 0 Å². The number of hydrogen-bond donors (Lipinski definition) is 0. The van der Waals surface area contributed by atoms with E-state index in [-0.39, 0.29) is 12.2 Å². The molecule has 0 radical (unpaired) electrons. The number of aromatic nitrogens is 3. The first-order chi connectivity index (χ1) is 8.83. The van der Waals surface area contributed by atoms with Crippen LogP contribution in [-0.2, 0) is 6.42 Å². The lowest BCUT2D eigenvalue weighted by atomic mass is 10.2. The first kappa shape index (κ1) is 11.0. The van der Waals surface area contributed by atoms with Crippen molar-refractivity contribution in [3.8, 4) is 0 Å². The largest absolute Gasteiger partial charge is 0.292 e. The minimum absolute atomic E-state index is 0.0526. The molecule has 0 bridgehead atoms. The van der Waals surface area contributed by atoms with E-state index in [1.807, 2.05) is 29.6 Å². The van der Waals surface area contributed by atoms with Gasteiger partial charge in [0, 0.05) is 11.6 Å². The van der Waals surface area contributed by atoms with Crippen molar-refractivity contribution in [1.82, 2.24) is 15.0 Å². The van der Waals surface area contributed by atoms with Crippen molar-refractivity contribution in [3.63, 3.8) is 0 Å². The molecule has 0 aliphatic heterocycles. The molecule has 3 aromatic rings. The summed E-state index contributed by atoms with van der Waals surface area (Å²) in [6.07, 6.45) is 3.50. The second kappa shape index (κ2) is 4.62. The van der Waals surface area contributed by atoms with Crippen molar-refractivity contribution < 1.29 is 4.79 Å². The number of carbonyl (C=O) groups is 1. The Labute approximate surface area is 107 Å². The Morgan fingerprint density at radius 2 is 2.00 bits per heavy atom. The molecule has 18 heavy (non-hydrogen) atoms. The smallest absolute Gasteiger partial charge is 0.189 e. The Kier molecular flexibility index (Phi) is 2.82. The number of nitrogens with zero attached hydrogens (tertiary/aromatic N) is 3. The van der Waals surface area contributed by atoms with E-state index in [4.69, 9.17) is 0 Å². The van der Waals surface area contributed by atoms with Gasteiger partial charge in [-0.3, -0.25) is 9.78 Å². The van der Waals surface area contributed by atoms with E-state index in [0.29, 0.717) is 5.69 Å². The normalized spacial score (nSPS) is 10.7. The summed E-state index contributed by atoms with van der Waals surface area (Å²) in [5.41, 5.74) is 1.93. The molecule has 1 aromatic carbocycles. The van der Waals surface area contributed by atoms with Crippen LogP contribution in [-0.4, -0.2) is 20.7 Å². The fourth-order valence-electron chi connectivity index (χ4n) is 1.66. The molecular formula is C13H9N3OS. The van der Waals surface area contributed by atoms with Crippen molar-refractivity contribution in [1.29, 1.82) is 0 Å². The monoisotopic (exact) mass is 255 g/mol. The van der Waals surface area contributed by atoms with Gasteiger partial charge < -0.3 is 0 Å². The molecule has 0 fully saturated rings. The lowest BCUT2D eigenvalue weighted by Crippen LogP contribution is -2.06. The van der Waals surface area contributed by atoms with Crippen LogP contribution in [0.4, 0.5) is 0 Å². The summed E-state index contributed by atoms with van der Waals surface area (Å²) in [5, 5.41) is 2.66. The maximum atomic E-state index is 12.0. The average Bonchev–Trinajstić information content (AvgIpc) is 2.91. The van der Waals surface area contributed by atoms with Gasteiger partial charge in [-0.1, -0.05) is 12.1 Å². The van der Waals surface area contributed by atoms with Gasteiger partial charge in [-0.2, -0.15) is 0 Å².